The fourth-order valence-electron chi connectivity index (χ4n) is 3.48. The topological polar surface area (TPSA) is 57.5 Å². The number of hydrogen-bond acceptors (Lipinski definition) is 3. The Morgan fingerprint density at radius 2 is 2.04 bits per heavy atom. The van der Waals surface area contributed by atoms with Gasteiger partial charge in [-0.3, -0.25) is 4.68 Å². The molecule has 0 amide bonds. The minimum atomic E-state index is 0.391. The number of guanidine groups is 1. The summed E-state index contributed by atoms with van der Waals surface area (Å²) in [4.78, 5) is 7.23. The first-order valence-corrected chi connectivity index (χ1v) is 10.3. The van der Waals surface area contributed by atoms with Gasteiger partial charge in [0.1, 0.15) is 0 Å². The predicted octanol–water partition coefficient (Wildman–Crippen LogP) is 3.13. The molecule has 1 aromatic carbocycles. The molecule has 1 unspecified atom stereocenters. The third-order valence-electron chi connectivity index (χ3n) is 5.12. The molecular weight excluding hydrogens is 404 g/mol. The quantitative estimate of drug-likeness (QED) is 0.562. The maximum Gasteiger partial charge on any atom is 0.191 e. The summed E-state index contributed by atoms with van der Waals surface area (Å²) in [6, 6.07) is 8.92. The summed E-state index contributed by atoms with van der Waals surface area (Å²) in [5, 5.41) is 11.5. The van der Waals surface area contributed by atoms with E-state index in [1.165, 1.54) is 16.9 Å². The Morgan fingerprint density at radius 3 is 2.67 bits per heavy atom. The highest BCUT2D eigenvalue weighted by Gasteiger charge is 2.23. The molecule has 1 fully saturated rings. The van der Waals surface area contributed by atoms with Gasteiger partial charge in [-0.2, -0.15) is 5.10 Å². The summed E-state index contributed by atoms with van der Waals surface area (Å²) < 4.78 is 3.04. The monoisotopic (exact) mass is 432 g/mol. The molecule has 0 saturated carbocycles. The third kappa shape index (κ3) is 4.83. The number of halogens is 1. The average molecular weight is 433 g/mol. The van der Waals surface area contributed by atoms with E-state index in [1.54, 1.807) is 0 Å². The van der Waals surface area contributed by atoms with E-state index in [4.69, 9.17) is 4.99 Å². The molecule has 146 valence electrons. The fraction of sp³-hybridized carbons (Fsp3) is 0.500. The Hall–Kier alpha value is -2.02. The number of aliphatic imine (C=N–C) groups is 1. The van der Waals surface area contributed by atoms with Gasteiger partial charge in [0.2, 0.25) is 0 Å². The van der Waals surface area contributed by atoms with Crippen molar-refractivity contribution in [3.05, 3.63) is 45.7 Å². The van der Waals surface area contributed by atoms with Gasteiger partial charge < -0.3 is 15.5 Å². The van der Waals surface area contributed by atoms with Crippen molar-refractivity contribution in [2.45, 2.75) is 39.8 Å². The van der Waals surface area contributed by atoms with Gasteiger partial charge in [0.25, 0.3) is 0 Å². The van der Waals surface area contributed by atoms with Gasteiger partial charge >= 0.3 is 0 Å². The van der Waals surface area contributed by atoms with Crippen LogP contribution in [0.2, 0.25) is 0 Å². The highest BCUT2D eigenvalue weighted by atomic mass is 79.9. The van der Waals surface area contributed by atoms with Crippen LogP contribution in [-0.4, -0.2) is 41.4 Å². The molecule has 3 rings (SSSR count). The van der Waals surface area contributed by atoms with Crippen molar-refractivity contribution < 1.29 is 0 Å². The number of nitrogens with one attached hydrogen (secondary N) is 2. The molecule has 0 aliphatic carbocycles. The molecule has 1 atom stereocenters. The highest BCUT2D eigenvalue weighted by molar-refractivity contribution is 9.10. The van der Waals surface area contributed by atoms with Crippen molar-refractivity contribution in [1.29, 1.82) is 0 Å². The van der Waals surface area contributed by atoms with Gasteiger partial charge in [-0.05, 0) is 51.5 Å². The molecule has 0 bridgehead atoms. The number of nitrogens with zero attached hydrogens (tertiary/aromatic N) is 4. The standard InChI is InChI=1S/C20H29BrN6/c1-5-22-20(23-12-19-14(2)25-26(4)15(19)3)24-17-10-11-27(13-17)18-8-6-16(21)7-9-18/h6-9,17H,5,10-13H2,1-4H3,(H2,22,23,24). The SMILES string of the molecule is CCNC(=NCc1c(C)nn(C)c1C)NC1CCN(c2ccc(Br)cc2)C1. The van der Waals surface area contributed by atoms with Crippen LogP contribution in [0.1, 0.15) is 30.3 Å². The molecule has 27 heavy (non-hydrogen) atoms. The predicted molar refractivity (Wildman–Crippen MR) is 115 cm³/mol. The lowest BCUT2D eigenvalue weighted by Crippen LogP contribution is -2.44. The van der Waals surface area contributed by atoms with E-state index >= 15 is 0 Å². The van der Waals surface area contributed by atoms with Crippen LogP contribution < -0.4 is 15.5 Å². The first-order valence-electron chi connectivity index (χ1n) is 9.52. The lowest BCUT2D eigenvalue weighted by atomic mass is 10.2. The van der Waals surface area contributed by atoms with Crippen LogP contribution >= 0.6 is 15.9 Å². The van der Waals surface area contributed by atoms with Crippen molar-refractivity contribution in [1.82, 2.24) is 20.4 Å². The molecule has 1 aliphatic heterocycles. The van der Waals surface area contributed by atoms with Crippen molar-refractivity contribution in [3.63, 3.8) is 0 Å². The van der Waals surface area contributed by atoms with E-state index in [2.05, 4.69) is 74.7 Å². The fourth-order valence-corrected chi connectivity index (χ4v) is 3.75. The summed E-state index contributed by atoms with van der Waals surface area (Å²) in [5.41, 5.74) is 4.70. The first kappa shape index (κ1) is 19.7. The number of rotatable bonds is 5. The normalized spacial score (nSPS) is 17.4. The second-order valence-corrected chi connectivity index (χ2v) is 7.94. The van der Waals surface area contributed by atoms with Gasteiger partial charge in [-0.15, -0.1) is 0 Å². The summed E-state index contributed by atoms with van der Waals surface area (Å²) in [7, 11) is 1.98. The molecule has 2 heterocycles. The smallest absolute Gasteiger partial charge is 0.191 e. The highest BCUT2D eigenvalue weighted by Crippen LogP contribution is 2.22. The van der Waals surface area contributed by atoms with E-state index in [0.29, 0.717) is 12.6 Å². The molecule has 0 spiro atoms. The third-order valence-corrected chi connectivity index (χ3v) is 5.65. The van der Waals surface area contributed by atoms with Crippen LogP contribution in [0.15, 0.2) is 33.7 Å². The molecule has 1 aromatic heterocycles. The van der Waals surface area contributed by atoms with Crippen molar-refractivity contribution in [3.8, 4) is 0 Å². The van der Waals surface area contributed by atoms with E-state index in [1.807, 2.05) is 18.7 Å². The summed E-state index contributed by atoms with van der Waals surface area (Å²) >= 11 is 3.50. The second kappa shape index (κ2) is 8.78. The second-order valence-electron chi connectivity index (χ2n) is 7.02. The Bertz CT molecular complexity index is 796. The van der Waals surface area contributed by atoms with Gasteiger partial charge in [0.15, 0.2) is 5.96 Å². The van der Waals surface area contributed by atoms with E-state index in [0.717, 1.165) is 42.2 Å². The number of anilines is 1. The number of hydrogen-bond donors (Lipinski definition) is 2. The zero-order valence-electron chi connectivity index (χ0n) is 16.6. The largest absolute Gasteiger partial charge is 0.369 e. The molecule has 7 heteroatoms. The Labute approximate surface area is 170 Å². The zero-order chi connectivity index (χ0) is 19.4. The molecular formula is C20H29BrN6. The number of benzene rings is 1. The van der Waals surface area contributed by atoms with Crippen molar-refractivity contribution in [2.75, 3.05) is 24.5 Å². The molecule has 2 N–H and O–H groups in total. The van der Waals surface area contributed by atoms with Crippen LogP contribution in [0, 0.1) is 13.8 Å². The van der Waals surface area contributed by atoms with Crippen LogP contribution in [0.3, 0.4) is 0 Å². The van der Waals surface area contributed by atoms with Gasteiger partial charge in [-0.1, -0.05) is 15.9 Å². The van der Waals surface area contributed by atoms with Crippen molar-refractivity contribution in [2.24, 2.45) is 12.0 Å². The molecule has 1 aliphatic rings. The first-order chi connectivity index (χ1) is 13.0. The maximum absolute atomic E-state index is 4.81. The molecule has 0 radical (unpaired) electrons. The summed E-state index contributed by atoms with van der Waals surface area (Å²) in [6.45, 7) is 9.77. The van der Waals surface area contributed by atoms with E-state index in [9.17, 15) is 0 Å². The molecule has 2 aromatic rings. The maximum atomic E-state index is 4.81. The van der Waals surface area contributed by atoms with Crippen molar-refractivity contribution >= 4 is 27.6 Å². The van der Waals surface area contributed by atoms with E-state index in [-0.39, 0.29) is 0 Å². The molecule has 1 saturated heterocycles. The van der Waals surface area contributed by atoms with E-state index < -0.39 is 0 Å². The Balaban J connectivity index is 1.63. The summed E-state index contributed by atoms with van der Waals surface area (Å²) in [5.74, 6) is 0.878. The lowest BCUT2D eigenvalue weighted by molar-refractivity contribution is 0.649. The zero-order valence-corrected chi connectivity index (χ0v) is 18.2. The minimum Gasteiger partial charge on any atom is -0.369 e. The van der Waals surface area contributed by atoms with Crippen LogP contribution in [0.4, 0.5) is 5.69 Å². The van der Waals surface area contributed by atoms with Crippen LogP contribution in [0.5, 0.6) is 0 Å². The van der Waals surface area contributed by atoms with Crippen LogP contribution in [-0.2, 0) is 13.6 Å². The molecule has 6 nitrogen and oxygen atoms in total. The average Bonchev–Trinajstić information content (AvgIpc) is 3.19. The summed E-state index contributed by atoms with van der Waals surface area (Å²) in [6.07, 6.45) is 1.10. The van der Waals surface area contributed by atoms with Gasteiger partial charge in [0, 0.05) is 54.1 Å². The Morgan fingerprint density at radius 1 is 1.30 bits per heavy atom. The minimum absolute atomic E-state index is 0.391. The lowest BCUT2D eigenvalue weighted by Gasteiger charge is -2.20. The number of aromatic nitrogens is 2. The van der Waals surface area contributed by atoms with Gasteiger partial charge in [0.05, 0.1) is 12.2 Å². The number of aryl methyl sites for hydroxylation is 2. The Kier molecular flexibility index (Phi) is 6.42. The van der Waals surface area contributed by atoms with Crippen LogP contribution in [0.25, 0.3) is 0 Å². The van der Waals surface area contributed by atoms with Gasteiger partial charge in [-0.25, -0.2) is 4.99 Å².